The van der Waals surface area contributed by atoms with E-state index in [0.717, 1.165) is 0 Å². The SMILES string of the molecule is CNC(=O)c1nnc(Nc2cc(C#N)ccn2)cc1Nc1nccc(-c2ncn(C)n2)c1OC. The van der Waals surface area contributed by atoms with Crippen LogP contribution >= 0.6 is 0 Å². The first-order valence-corrected chi connectivity index (χ1v) is 9.91. The third-order valence-electron chi connectivity index (χ3n) is 4.58. The summed E-state index contributed by atoms with van der Waals surface area (Å²) < 4.78 is 7.16. The molecule has 4 aromatic rings. The number of rotatable bonds is 7. The fraction of sp³-hybridized carbons (Fsp3) is 0.143. The predicted molar refractivity (Wildman–Crippen MR) is 122 cm³/mol. The molecule has 0 atom stereocenters. The molecule has 0 saturated heterocycles. The molecule has 0 aliphatic carbocycles. The molecule has 0 aliphatic heterocycles. The Kier molecular flexibility index (Phi) is 6.22. The minimum Gasteiger partial charge on any atom is -0.492 e. The Hall–Kier alpha value is -5.12. The van der Waals surface area contributed by atoms with Gasteiger partial charge in [0, 0.05) is 32.6 Å². The number of nitriles is 1. The summed E-state index contributed by atoms with van der Waals surface area (Å²) in [5, 5.41) is 30.1. The molecule has 4 aromatic heterocycles. The quantitative estimate of drug-likeness (QED) is 0.370. The molecule has 4 heterocycles. The van der Waals surface area contributed by atoms with Crippen molar-refractivity contribution in [3.8, 4) is 23.2 Å². The molecule has 0 radical (unpaired) electrons. The maximum absolute atomic E-state index is 12.4. The van der Waals surface area contributed by atoms with Crippen molar-refractivity contribution in [2.24, 2.45) is 7.05 Å². The predicted octanol–water partition coefficient (Wildman–Crippen LogP) is 1.79. The van der Waals surface area contributed by atoms with Gasteiger partial charge >= 0.3 is 0 Å². The molecule has 170 valence electrons. The van der Waals surface area contributed by atoms with Gasteiger partial charge in [-0.15, -0.1) is 10.2 Å². The lowest BCUT2D eigenvalue weighted by Crippen LogP contribution is -2.21. The Bertz CT molecular complexity index is 1390. The number of pyridine rings is 2. The molecule has 0 saturated carbocycles. The molecule has 0 fully saturated rings. The van der Waals surface area contributed by atoms with Crippen LogP contribution in [-0.2, 0) is 7.05 Å². The molecule has 4 rings (SSSR count). The number of ether oxygens (including phenoxy) is 1. The van der Waals surface area contributed by atoms with Crippen LogP contribution in [0.25, 0.3) is 11.4 Å². The Morgan fingerprint density at radius 1 is 1.09 bits per heavy atom. The number of nitrogens with one attached hydrogen (secondary N) is 3. The summed E-state index contributed by atoms with van der Waals surface area (Å²) in [6.45, 7) is 0. The zero-order valence-electron chi connectivity index (χ0n) is 18.4. The molecule has 1 amide bonds. The largest absolute Gasteiger partial charge is 0.492 e. The zero-order chi connectivity index (χ0) is 24.1. The highest BCUT2D eigenvalue weighted by atomic mass is 16.5. The Morgan fingerprint density at radius 3 is 2.62 bits per heavy atom. The first kappa shape index (κ1) is 22.1. The van der Waals surface area contributed by atoms with Gasteiger partial charge in [-0.25, -0.2) is 15.0 Å². The van der Waals surface area contributed by atoms with Crippen LogP contribution in [0.1, 0.15) is 16.1 Å². The Balaban J connectivity index is 1.73. The van der Waals surface area contributed by atoms with Crippen molar-refractivity contribution in [3.05, 3.63) is 54.2 Å². The molecule has 13 heteroatoms. The Labute approximate surface area is 193 Å². The van der Waals surface area contributed by atoms with Crippen molar-refractivity contribution in [2.75, 3.05) is 24.8 Å². The van der Waals surface area contributed by atoms with Crippen molar-refractivity contribution in [3.63, 3.8) is 0 Å². The first-order chi connectivity index (χ1) is 16.5. The van der Waals surface area contributed by atoms with E-state index in [2.05, 4.69) is 46.2 Å². The number of aromatic nitrogens is 7. The van der Waals surface area contributed by atoms with Crippen molar-refractivity contribution in [1.82, 2.24) is 40.2 Å². The van der Waals surface area contributed by atoms with Crippen LogP contribution in [0.5, 0.6) is 5.75 Å². The Morgan fingerprint density at radius 2 is 1.91 bits per heavy atom. The number of carbonyl (C=O) groups is 1. The second-order valence-corrected chi connectivity index (χ2v) is 6.84. The normalized spacial score (nSPS) is 10.3. The van der Waals surface area contributed by atoms with Crippen LogP contribution in [0.4, 0.5) is 23.1 Å². The van der Waals surface area contributed by atoms with E-state index in [1.54, 1.807) is 48.5 Å². The summed E-state index contributed by atoms with van der Waals surface area (Å²) in [4.78, 5) is 25.2. The highest BCUT2D eigenvalue weighted by molar-refractivity contribution is 5.98. The summed E-state index contributed by atoms with van der Waals surface area (Å²) >= 11 is 0. The number of aryl methyl sites for hydroxylation is 1. The number of carbonyl (C=O) groups excluding carboxylic acids is 1. The molecule has 0 unspecified atom stereocenters. The number of nitrogens with zero attached hydrogens (tertiary/aromatic N) is 8. The summed E-state index contributed by atoms with van der Waals surface area (Å²) in [6, 6.07) is 8.50. The fourth-order valence-corrected chi connectivity index (χ4v) is 3.04. The second-order valence-electron chi connectivity index (χ2n) is 6.84. The van der Waals surface area contributed by atoms with Crippen molar-refractivity contribution in [1.29, 1.82) is 5.26 Å². The molecule has 0 aliphatic rings. The summed E-state index contributed by atoms with van der Waals surface area (Å²) in [7, 11) is 4.75. The maximum Gasteiger partial charge on any atom is 0.273 e. The molecule has 13 nitrogen and oxygen atoms in total. The smallest absolute Gasteiger partial charge is 0.273 e. The molecular weight excluding hydrogens is 438 g/mol. The lowest BCUT2D eigenvalue weighted by atomic mass is 10.2. The van der Waals surface area contributed by atoms with E-state index < -0.39 is 5.91 Å². The van der Waals surface area contributed by atoms with E-state index in [4.69, 9.17) is 10.00 Å². The topological polar surface area (TPSA) is 168 Å². The van der Waals surface area contributed by atoms with Crippen LogP contribution in [0, 0.1) is 11.3 Å². The van der Waals surface area contributed by atoms with Crippen LogP contribution in [-0.4, -0.2) is 55.0 Å². The minimum atomic E-state index is -0.451. The maximum atomic E-state index is 12.4. The monoisotopic (exact) mass is 457 g/mol. The summed E-state index contributed by atoms with van der Waals surface area (Å²) in [6.07, 6.45) is 4.64. The third-order valence-corrected chi connectivity index (χ3v) is 4.58. The molecule has 34 heavy (non-hydrogen) atoms. The average Bonchev–Trinajstić information content (AvgIpc) is 3.29. The van der Waals surface area contributed by atoms with Crippen LogP contribution in [0.3, 0.4) is 0 Å². The molecular formula is C21H19N11O2. The van der Waals surface area contributed by atoms with Gasteiger partial charge in [-0.2, -0.15) is 10.4 Å². The first-order valence-electron chi connectivity index (χ1n) is 9.91. The minimum absolute atomic E-state index is 0.0389. The molecule has 0 spiro atoms. The van der Waals surface area contributed by atoms with Gasteiger partial charge in [0.05, 0.1) is 30.0 Å². The van der Waals surface area contributed by atoms with E-state index in [1.165, 1.54) is 20.4 Å². The second kappa shape index (κ2) is 9.57. The number of methoxy groups -OCH3 is 1. The zero-order valence-corrected chi connectivity index (χ0v) is 18.4. The van der Waals surface area contributed by atoms with Gasteiger partial charge in [0.15, 0.2) is 28.9 Å². The highest BCUT2D eigenvalue weighted by Crippen LogP contribution is 2.35. The lowest BCUT2D eigenvalue weighted by molar-refractivity contribution is 0.0958. The van der Waals surface area contributed by atoms with Gasteiger partial charge in [-0.05, 0) is 18.2 Å². The van der Waals surface area contributed by atoms with Crippen molar-refractivity contribution >= 4 is 29.0 Å². The van der Waals surface area contributed by atoms with Gasteiger partial charge < -0.3 is 20.7 Å². The van der Waals surface area contributed by atoms with Gasteiger partial charge in [0.1, 0.15) is 12.1 Å². The van der Waals surface area contributed by atoms with E-state index in [9.17, 15) is 4.79 Å². The molecule has 3 N–H and O–H groups in total. The van der Waals surface area contributed by atoms with E-state index in [0.29, 0.717) is 45.8 Å². The van der Waals surface area contributed by atoms with Gasteiger partial charge in [-0.3, -0.25) is 9.48 Å². The average molecular weight is 457 g/mol. The van der Waals surface area contributed by atoms with Gasteiger partial charge in [0.2, 0.25) is 0 Å². The highest BCUT2D eigenvalue weighted by Gasteiger charge is 2.20. The van der Waals surface area contributed by atoms with Gasteiger partial charge in [-0.1, -0.05) is 0 Å². The summed E-state index contributed by atoms with van der Waals surface area (Å²) in [5.41, 5.74) is 1.39. The number of hydrogen-bond donors (Lipinski definition) is 3. The molecule has 0 bridgehead atoms. The van der Waals surface area contributed by atoms with E-state index >= 15 is 0 Å². The van der Waals surface area contributed by atoms with E-state index in [-0.39, 0.29) is 5.69 Å². The van der Waals surface area contributed by atoms with Crippen LogP contribution < -0.4 is 20.7 Å². The van der Waals surface area contributed by atoms with Gasteiger partial charge in [0.25, 0.3) is 5.91 Å². The standard InChI is InChI=1S/C21H19N11O2/c1-23-21(33)17-14(9-16(29-30-17)28-15-8-12(10-22)4-6-24-15)27-20-18(34-3)13(5-7-25-20)19-26-11-32(2)31-19/h4-9,11H,1-3H3,(H,23,33)(H2,24,25,27,28,29). The lowest BCUT2D eigenvalue weighted by Gasteiger charge is -2.15. The fourth-order valence-electron chi connectivity index (χ4n) is 3.04. The number of anilines is 4. The number of hydrogen-bond acceptors (Lipinski definition) is 11. The number of amides is 1. The third kappa shape index (κ3) is 4.55. The van der Waals surface area contributed by atoms with Crippen LogP contribution in [0.2, 0.25) is 0 Å². The van der Waals surface area contributed by atoms with Crippen molar-refractivity contribution < 1.29 is 9.53 Å². The summed E-state index contributed by atoms with van der Waals surface area (Å²) in [5.74, 6) is 1.39. The van der Waals surface area contributed by atoms with Crippen molar-refractivity contribution in [2.45, 2.75) is 0 Å². The van der Waals surface area contributed by atoms with E-state index in [1.807, 2.05) is 6.07 Å². The molecule has 0 aromatic carbocycles. The van der Waals surface area contributed by atoms with Crippen LogP contribution in [0.15, 0.2) is 43.0 Å².